The molecule has 0 spiro atoms. The van der Waals surface area contributed by atoms with Gasteiger partial charge in [0.25, 0.3) is 5.69 Å². The number of benzene rings is 1. The molecule has 116 valence electrons. The first kappa shape index (κ1) is 16.9. The number of rotatable bonds is 9. The number of hydrogen-bond acceptors (Lipinski definition) is 4. The van der Waals surface area contributed by atoms with Gasteiger partial charge < -0.3 is 10.1 Å². The molecule has 0 aliphatic rings. The molecule has 1 aromatic rings. The van der Waals surface area contributed by atoms with E-state index >= 15 is 0 Å². The van der Waals surface area contributed by atoms with Crippen LogP contribution < -0.4 is 10.1 Å². The van der Waals surface area contributed by atoms with Crippen LogP contribution in [-0.2, 0) is 0 Å². The number of non-ortho nitro benzene ring substituents is 1. The number of carbonyl (C=O) groups is 1. The van der Waals surface area contributed by atoms with E-state index in [4.69, 9.17) is 4.74 Å². The molecule has 0 aromatic heterocycles. The highest BCUT2D eigenvalue weighted by Crippen LogP contribution is 2.17. The molecule has 0 atom stereocenters. The Morgan fingerprint density at radius 3 is 2.38 bits per heavy atom. The zero-order chi connectivity index (χ0) is 15.5. The number of nitro groups is 1. The summed E-state index contributed by atoms with van der Waals surface area (Å²) in [4.78, 5) is 21.5. The Balaban J connectivity index is 2.17. The zero-order valence-corrected chi connectivity index (χ0v) is 12.3. The van der Waals surface area contributed by atoms with Crippen LogP contribution >= 0.6 is 0 Å². The molecule has 0 saturated heterocycles. The summed E-state index contributed by atoms with van der Waals surface area (Å²) in [6.45, 7) is 2.76. The normalized spacial score (nSPS) is 10.1. The van der Waals surface area contributed by atoms with Crippen LogP contribution in [-0.4, -0.2) is 17.6 Å². The van der Waals surface area contributed by atoms with Gasteiger partial charge in [-0.25, -0.2) is 4.79 Å². The second-order valence-corrected chi connectivity index (χ2v) is 4.84. The fourth-order valence-corrected chi connectivity index (χ4v) is 1.87. The van der Waals surface area contributed by atoms with E-state index in [1.165, 1.54) is 49.9 Å². The van der Waals surface area contributed by atoms with Gasteiger partial charge in [-0.2, -0.15) is 0 Å². The molecule has 0 fully saturated rings. The van der Waals surface area contributed by atoms with Crippen LogP contribution in [0.3, 0.4) is 0 Å². The fraction of sp³-hybridized carbons (Fsp3) is 0.533. The molecule has 1 N–H and O–H groups in total. The quantitative estimate of drug-likeness (QED) is 0.423. The fourth-order valence-electron chi connectivity index (χ4n) is 1.87. The molecule has 1 aromatic carbocycles. The Bertz CT molecular complexity index is 445. The van der Waals surface area contributed by atoms with Gasteiger partial charge in [-0.1, -0.05) is 39.0 Å². The highest BCUT2D eigenvalue weighted by molar-refractivity contribution is 5.70. The second-order valence-electron chi connectivity index (χ2n) is 4.84. The van der Waals surface area contributed by atoms with Crippen molar-refractivity contribution >= 4 is 11.8 Å². The molecule has 0 aliphatic heterocycles. The van der Waals surface area contributed by atoms with Gasteiger partial charge >= 0.3 is 6.09 Å². The summed E-state index contributed by atoms with van der Waals surface area (Å²) in [5, 5.41) is 13.2. The number of nitrogens with one attached hydrogen (secondary N) is 1. The van der Waals surface area contributed by atoms with Crippen LogP contribution in [0.1, 0.15) is 45.4 Å². The molecule has 0 radical (unpaired) electrons. The van der Waals surface area contributed by atoms with Gasteiger partial charge in [0.05, 0.1) is 4.92 Å². The molecule has 1 rings (SSSR count). The van der Waals surface area contributed by atoms with E-state index in [9.17, 15) is 14.9 Å². The molecule has 6 nitrogen and oxygen atoms in total. The highest BCUT2D eigenvalue weighted by atomic mass is 16.6. The Morgan fingerprint density at radius 2 is 1.76 bits per heavy atom. The Kier molecular flexibility index (Phi) is 7.86. The number of amides is 1. The second kappa shape index (κ2) is 9.74. The highest BCUT2D eigenvalue weighted by Gasteiger charge is 2.07. The van der Waals surface area contributed by atoms with Crippen molar-refractivity contribution in [1.82, 2.24) is 5.32 Å². The van der Waals surface area contributed by atoms with Crippen LogP contribution in [0, 0.1) is 10.1 Å². The van der Waals surface area contributed by atoms with Crippen molar-refractivity contribution in [2.24, 2.45) is 0 Å². The van der Waals surface area contributed by atoms with Crippen molar-refractivity contribution < 1.29 is 14.5 Å². The number of nitrogens with zero attached hydrogens (tertiary/aromatic N) is 1. The van der Waals surface area contributed by atoms with Gasteiger partial charge in [0.1, 0.15) is 5.75 Å². The predicted molar refractivity (Wildman–Crippen MR) is 80.5 cm³/mol. The third kappa shape index (κ3) is 7.29. The first-order valence-electron chi connectivity index (χ1n) is 7.33. The third-order valence-electron chi connectivity index (χ3n) is 3.06. The first-order chi connectivity index (χ1) is 10.1. The van der Waals surface area contributed by atoms with E-state index in [1.807, 2.05) is 0 Å². The van der Waals surface area contributed by atoms with Gasteiger partial charge in [0.2, 0.25) is 0 Å². The van der Waals surface area contributed by atoms with Crippen LogP contribution in [0.5, 0.6) is 5.75 Å². The molecular weight excluding hydrogens is 272 g/mol. The van der Waals surface area contributed by atoms with Gasteiger partial charge in [-0.15, -0.1) is 0 Å². The minimum Gasteiger partial charge on any atom is -0.410 e. The minimum atomic E-state index is -0.530. The van der Waals surface area contributed by atoms with E-state index in [0.717, 1.165) is 12.8 Å². The number of unbranched alkanes of at least 4 members (excludes halogenated alkanes) is 5. The zero-order valence-electron chi connectivity index (χ0n) is 12.3. The first-order valence-corrected chi connectivity index (χ1v) is 7.33. The molecule has 0 saturated carbocycles. The summed E-state index contributed by atoms with van der Waals surface area (Å²) in [7, 11) is 0. The van der Waals surface area contributed by atoms with Crippen molar-refractivity contribution in [2.45, 2.75) is 45.4 Å². The van der Waals surface area contributed by atoms with E-state index in [2.05, 4.69) is 12.2 Å². The Hall–Kier alpha value is -2.11. The lowest BCUT2D eigenvalue weighted by atomic mass is 10.1. The lowest BCUT2D eigenvalue weighted by Gasteiger charge is -2.06. The maximum Gasteiger partial charge on any atom is 0.412 e. The summed E-state index contributed by atoms with van der Waals surface area (Å²) in [6, 6.07) is 5.41. The van der Waals surface area contributed by atoms with Gasteiger partial charge in [0.15, 0.2) is 0 Å². The van der Waals surface area contributed by atoms with Crippen molar-refractivity contribution in [3.8, 4) is 5.75 Å². The molecular formula is C15H22N2O4. The number of ether oxygens (including phenoxy) is 1. The monoisotopic (exact) mass is 294 g/mol. The maximum absolute atomic E-state index is 11.5. The van der Waals surface area contributed by atoms with Crippen molar-refractivity contribution in [2.75, 3.05) is 6.54 Å². The standard InChI is InChI=1S/C15H22N2O4/c1-2-3-4-5-6-7-12-16-15(18)21-14-10-8-13(9-11-14)17(19)20/h8-11H,2-7,12H2,1H3,(H,16,18). The molecule has 0 aliphatic carbocycles. The number of carbonyl (C=O) groups excluding carboxylic acids is 1. The van der Waals surface area contributed by atoms with E-state index in [1.54, 1.807) is 0 Å². The minimum absolute atomic E-state index is 0.0326. The molecule has 6 heteroatoms. The van der Waals surface area contributed by atoms with E-state index in [-0.39, 0.29) is 5.69 Å². The van der Waals surface area contributed by atoms with Crippen molar-refractivity contribution in [3.05, 3.63) is 34.4 Å². The maximum atomic E-state index is 11.5. The molecule has 0 heterocycles. The summed E-state index contributed by atoms with van der Waals surface area (Å²) in [6.07, 6.45) is 6.40. The molecule has 1 amide bonds. The average Bonchev–Trinajstić information content (AvgIpc) is 2.47. The summed E-state index contributed by atoms with van der Waals surface area (Å²) < 4.78 is 5.02. The van der Waals surface area contributed by atoms with Crippen LogP contribution in [0.4, 0.5) is 10.5 Å². The smallest absolute Gasteiger partial charge is 0.410 e. The Labute approximate surface area is 124 Å². The van der Waals surface area contributed by atoms with Crippen LogP contribution in [0.15, 0.2) is 24.3 Å². The Morgan fingerprint density at radius 1 is 1.14 bits per heavy atom. The van der Waals surface area contributed by atoms with Crippen molar-refractivity contribution in [3.63, 3.8) is 0 Å². The number of hydrogen-bond donors (Lipinski definition) is 1. The van der Waals surface area contributed by atoms with Gasteiger partial charge in [-0.05, 0) is 18.6 Å². The van der Waals surface area contributed by atoms with Crippen molar-refractivity contribution in [1.29, 1.82) is 0 Å². The summed E-state index contributed by atoms with van der Waals surface area (Å²) >= 11 is 0. The molecule has 0 unspecified atom stereocenters. The molecule has 21 heavy (non-hydrogen) atoms. The predicted octanol–water partition coefficient (Wildman–Crippen LogP) is 4.04. The lowest BCUT2D eigenvalue weighted by molar-refractivity contribution is -0.384. The van der Waals surface area contributed by atoms with Gasteiger partial charge in [-0.3, -0.25) is 10.1 Å². The summed E-state index contributed by atoms with van der Waals surface area (Å²) in [5.41, 5.74) is -0.0326. The van der Waals surface area contributed by atoms with Crippen LogP contribution in [0.25, 0.3) is 0 Å². The average molecular weight is 294 g/mol. The van der Waals surface area contributed by atoms with Crippen LogP contribution in [0.2, 0.25) is 0 Å². The number of nitro benzene ring substituents is 1. The lowest BCUT2D eigenvalue weighted by Crippen LogP contribution is -2.27. The SMILES string of the molecule is CCCCCCCCNC(=O)Oc1ccc([N+](=O)[O-])cc1. The largest absolute Gasteiger partial charge is 0.412 e. The van der Waals surface area contributed by atoms with Gasteiger partial charge in [0, 0.05) is 18.7 Å². The van der Waals surface area contributed by atoms with E-state index < -0.39 is 11.0 Å². The summed E-state index contributed by atoms with van der Waals surface area (Å²) in [5.74, 6) is 0.293. The van der Waals surface area contributed by atoms with E-state index in [0.29, 0.717) is 12.3 Å². The third-order valence-corrected chi connectivity index (χ3v) is 3.06. The molecule has 0 bridgehead atoms. The topological polar surface area (TPSA) is 81.5 Å².